The Bertz CT molecular complexity index is 850. The lowest BCUT2D eigenvalue weighted by Gasteiger charge is -2.35. The molecular weight excluding hydrogens is 330 g/mol. The maximum atomic E-state index is 3.64. The molecule has 4 rings (SSSR count). The van der Waals surface area contributed by atoms with Gasteiger partial charge in [-0.3, -0.25) is 0 Å². The van der Waals surface area contributed by atoms with Crippen molar-refractivity contribution in [2.75, 3.05) is 43.4 Å². The third kappa shape index (κ3) is 4.32. The molecule has 0 saturated carbocycles. The first-order valence-electron chi connectivity index (χ1n) is 9.70. The highest BCUT2D eigenvalue weighted by Crippen LogP contribution is 2.27. The van der Waals surface area contributed by atoms with Crippen molar-refractivity contribution < 1.29 is 0 Å². The third-order valence-corrected chi connectivity index (χ3v) is 5.29. The van der Waals surface area contributed by atoms with Crippen molar-refractivity contribution in [2.24, 2.45) is 0 Å². The molecule has 0 aromatic heterocycles. The van der Waals surface area contributed by atoms with Crippen LogP contribution in [0.25, 0.3) is 11.1 Å². The van der Waals surface area contributed by atoms with E-state index >= 15 is 0 Å². The number of likely N-dealkylation sites (N-methyl/N-ethyl adjacent to an activating group) is 1. The minimum absolute atomic E-state index is 0.833. The summed E-state index contributed by atoms with van der Waals surface area (Å²) in [5, 5.41) is 3.64. The van der Waals surface area contributed by atoms with E-state index in [1.807, 2.05) is 0 Å². The number of piperazine rings is 1. The van der Waals surface area contributed by atoms with Gasteiger partial charge < -0.3 is 15.1 Å². The molecule has 1 N–H and O–H groups in total. The van der Waals surface area contributed by atoms with Crippen LogP contribution in [-0.4, -0.2) is 38.1 Å². The molecule has 0 aliphatic carbocycles. The molecule has 0 unspecified atom stereocenters. The van der Waals surface area contributed by atoms with Crippen molar-refractivity contribution in [3.8, 4) is 11.1 Å². The Hall–Kier alpha value is -2.78. The zero-order valence-corrected chi connectivity index (χ0v) is 15.9. The van der Waals surface area contributed by atoms with Crippen molar-refractivity contribution >= 4 is 11.4 Å². The fourth-order valence-corrected chi connectivity index (χ4v) is 3.59. The van der Waals surface area contributed by atoms with Crippen LogP contribution >= 0.6 is 0 Å². The normalized spacial score (nSPS) is 14.9. The Kier molecular flexibility index (Phi) is 5.40. The van der Waals surface area contributed by atoms with E-state index in [1.54, 1.807) is 0 Å². The van der Waals surface area contributed by atoms with Crippen LogP contribution in [-0.2, 0) is 6.54 Å². The molecule has 3 aromatic carbocycles. The highest BCUT2D eigenvalue weighted by molar-refractivity contribution is 5.70. The van der Waals surface area contributed by atoms with E-state index in [4.69, 9.17) is 0 Å². The summed E-state index contributed by atoms with van der Waals surface area (Å²) in [4.78, 5) is 4.88. The highest BCUT2D eigenvalue weighted by Gasteiger charge is 2.16. The SMILES string of the molecule is CN1CCN(c2ccccc2NCc2ccc(-c3ccccc3)cc2)CC1. The molecule has 1 aliphatic heterocycles. The van der Waals surface area contributed by atoms with E-state index in [0.29, 0.717) is 0 Å². The van der Waals surface area contributed by atoms with Gasteiger partial charge in [-0.1, -0.05) is 66.7 Å². The average molecular weight is 358 g/mol. The molecule has 1 saturated heterocycles. The summed E-state index contributed by atoms with van der Waals surface area (Å²) in [6.07, 6.45) is 0. The topological polar surface area (TPSA) is 18.5 Å². The van der Waals surface area contributed by atoms with Crippen LogP contribution in [0.1, 0.15) is 5.56 Å². The molecule has 0 radical (unpaired) electrons. The summed E-state index contributed by atoms with van der Waals surface area (Å²) in [7, 11) is 2.20. The van der Waals surface area contributed by atoms with Gasteiger partial charge in [-0.2, -0.15) is 0 Å². The predicted octanol–water partition coefficient (Wildman–Crippen LogP) is 4.72. The number of para-hydroxylation sites is 2. The van der Waals surface area contributed by atoms with E-state index in [2.05, 4.69) is 101 Å². The molecule has 0 spiro atoms. The first-order valence-corrected chi connectivity index (χ1v) is 9.70. The molecule has 1 aliphatic rings. The van der Waals surface area contributed by atoms with Crippen LogP contribution in [0, 0.1) is 0 Å². The van der Waals surface area contributed by atoms with Crippen molar-refractivity contribution in [3.63, 3.8) is 0 Å². The van der Waals surface area contributed by atoms with Crippen LogP contribution in [0.5, 0.6) is 0 Å². The second-order valence-corrected chi connectivity index (χ2v) is 7.22. The van der Waals surface area contributed by atoms with Gasteiger partial charge in [0.1, 0.15) is 0 Å². The Morgan fingerprint density at radius 3 is 2.07 bits per heavy atom. The number of nitrogens with one attached hydrogen (secondary N) is 1. The molecule has 0 atom stereocenters. The number of nitrogens with zero attached hydrogens (tertiary/aromatic N) is 2. The standard InChI is InChI=1S/C24H27N3/c1-26-15-17-27(18-16-26)24-10-6-5-9-23(24)25-19-20-11-13-22(14-12-20)21-7-3-2-4-8-21/h2-14,25H,15-19H2,1H3. The fourth-order valence-electron chi connectivity index (χ4n) is 3.59. The molecule has 0 amide bonds. The fraction of sp³-hybridized carbons (Fsp3) is 0.250. The summed E-state index contributed by atoms with van der Waals surface area (Å²) in [6, 6.07) is 28.0. The van der Waals surface area contributed by atoms with Gasteiger partial charge >= 0.3 is 0 Å². The molecule has 27 heavy (non-hydrogen) atoms. The lowest BCUT2D eigenvalue weighted by atomic mass is 10.0. The first kappa shape index (κ1) is 17.6. The second-order valence-electron chi connectivity index (χ2n) is 7.22. The summed E-state index contributed by atoms with van der Waals surface area (Å²) in [5.41, 5.74) is 6.35. The zero-order valence-electron chi connectivity index (χ0n) is 15.9. The van der Waals surface area contributed by atoms with Crippen LogP contribution in [0.4, 0.5) is 11.4 Å². The van der Waals surface area contributed by atoms with Crippen molar-refractivity contribution in [3.05, 3.63) is 84.4 Å². The highest BCUT2D eigenvalue weighted by atomic mass is 15.3. The molecule has 3 aromatic rings. The number of hydrogen-bond donors (Lipinski definition) is 1. The smallest absolute Gasteiger partial charge is 0.0602 e. The predicted molar refractivity (Wildman–Crippen MR) is 115 cm³/mol. The monoisotopic (exact) mass is 357 g/mol. The van der Waals surface area contributed by atoms with Crippen molar-refractivity contribution in [1.82, 2.24) is 4.90 Å². The Balaban J connectivity index is 1.43. The number of hydrogen-bond acceptors (Lipinski definition) is 3. The summed E-state index contributed by atoms with van der Waals surface area (Å²) < 4.78 is 0. The zero-order chi connectivity index (χ0) is 18.5. The van der Waals surface area contributed by atoms with Crippen molar-refractivity contribution in [1.29, 1.82) is 0 Å². The van der Waals surface area contributed by atoms with Crippen LogP contribution in [0.2, 0.25) is 0 Å². The van der Waals surface area contributed by atoms with Crippen LogP contribution < -0.4 is 10.2 Å². The number of rotatable bonds is 5. The molecule has 3 heteroatoms. The Labute approximate surface area is 162 Å². The largest absolute Gasteiger partial charge is 0.379 e. The average Bonchev–Trinajstić information content (AvgIpc) is 2.74. The van der Waals surface area contributed by atoms with Gasteiger partial charge in [-0.25, -0.2) is 0 Å². The molecular formula is C24H27N3. The van der Waals surface area contributed by atoms with Gasteiger partial charge in [0.05, 0.1) is 11.4 Å². The van der Waals surface area contributed by atoms with Gasteiger partial charge in [0.2, 0.25) is 0 Å². The minimum Gasteiger partial charge on any atom is -0.379 e. The van der Waals surface area contributed by atoms with Crippen molar-refractivity contribution in [2.45, 2.75) is 6.54 Å². The summed E-state index contributed by atoms with van der Waals surface area (Å²) in [5.74, 6) is 0. The Morgan fingerprint density at radius 2 is 1.33 bits per heavy atom. The maximum absolute atomic E-state index is 3.64. The molecule has 1 heterocycles. The number of anilines is 2. The maximum Gasteiger partial charge on any atom is 0.0602 e. The summed E-state index contributed by atoms with van der Waals surface area (Å²) in [6.45, 7) is 5.24. The van der Waals surface area contributed by atoms with E-state index in [1.165, 1.54) is 28.1 Å². The van der Waals surface area contributed by atoms with Gasteiger partial charge in [-0.15, -0.1) is 0 Å². The van der Waals surface area contributed by atoms with Crippen LogP contribution in [0.15, 0.2) is 78.9 Å². The van der Waals surface area contributed by atoms with Gasteiger partial charge in [0.15, 0.2) is 0 Å². The van der Waals surface area contributed by atoms with Crippen LogP contribution in [0.3, 0.4) is 0 Å². The van der Waals surface area contributed by atoms with Gasteiger partial charge in [0.25, 0.3) is 0 Å². The van der Waals surface area contributed by atoms with E-state index < -0.39 is 0 Å². The van der Waals surface area contributed by atoms with Gasteiger partial charge in [0, 0.05) is 32.7 Å². The second kappa shape index (κ2) is 8.28. The lowest BCUT2D eigenvalue weighted by molar-refractivity contribution is 0.313. The van der Waals surface area contributed by atoms with E-state index in [-0.39, 0.29) is 0 Å². The molecule has 3 nitrogen and oxygen atoms in total. The van der Waals surface area contributed by atoms with Gasteiger partial charge in [-0.05, 0) is 35.9 Å². The number of benzene rings is 3. The molecule has 1 fully saturated rings. The minimum atomic E-state index is 0.833. The van der Waals surface area contributed by atoms with E-state index in [0.717, 1.165) is 32.7 Å². The first-order chi connectivity index (χ1) is 13.3. The summed E-state index contributed by atoms with van der Waals surface area (Å²) >= 11 is 0. The Morgan fingerprint density at radius 1 is 0.704 bits per heavy atom. The lowest BCUT2D eigenvalue weighted by Crippen LogP contribution is -2.44. The molecule has 0 bridgehead atoms. The molecule has 138 valence electrons. The third-order valence-electron chi connectivity index (χ3n) is 5.29. The van der Waals surface area contributed by atoms with E-state index in [9.17, 15) is 0 Å². The quantitative estimate of drug-likeness (QED) is 0.713.